The maximum atomic E-state index is 12.3. The number of carbonyl (C=O) groups is 1. The molecule has 7 nitrogen and oxygen atoms in total. The molecule has 168 valence electrons. The molecule has 2 heterocycles. The first kappa shape index (κ1) is 22.1. The van der Waals surface area contributed by atoms with Crippen LogP contribution >= 0.6 is 0 Å². The molecule has 1 amide bonds. The van der Waals surface area contributed by atoms with Gasteiger partial charge in [-0.1, -0.05) is 31.2 Å². The molecule has 4 rings (SSSR count). The topological polar surface area (TPSA) is 81.9 Å². The SMILES string of the molecule is CCc1ccc(OCC(=O)Nc2cccc(OCc3cc(=O)n4cc(C)ccc4n3)c2)cc1. The van der Waals surface area contributed by atoms with Crippen LogP contribution in [-0.2, 0) is 17.8 Å². The lowest BCUT2D eigenvalue weighted by Gasteiger charge is -2.10. The van der Waals surface area contributed by atoms with E-state index in [1.807, 2.05) is 37.3 Å². The highest BCUT2D eigenvalue weighted by Gasteiger charge is 2.07. The third kappa shape index (κ3) is 5.77. The van der Waals surface area contributed by atoms with Gasteiger partial charge in [0.2, 0.25) is 0 Å². The molecule has 2 aromatic heterocycles. The zero-order valence-corrected chi connectivity index (χ0v) is 18.6. The summed E-state index contributed by atoms with van der Waals surface area (Å²) >= 11 is 0. The second kappa shape index (κ2) is 9.99. The molecule has 0 aliphatic rings. The number of pyridine rings is 1. The largest absolute Gasteiger partial charge is 0.487 e. The van der Waals surface area contributed by atoms with Crippen LogP contribution < -0.4 is 20.3 Å². The maximum Gasteiger partial charge on any atom is 0.262 e. The van der Waals surface area contributed by atoms with Crippen LogP contribution in [0.25, 0.3) is 5.65 Å². The Labute approximate surface area is 191 Å². The molecule has 7 heteroatoms. The molecule has 2 aromatic carbocycles. The quantitative estimate of drug-likeness (QED) is 0.442. The van der Waals surface area contributed by atoms with Crippen LogP contribution in [0.3, 0.4) is 0 Å². The molecule has 4 aromatic rings. The maximum absolute atomic E-state index is 12.3. The Morgan fingerprint density at radius 1 is 1.00 bits per heavy atom. The summed E-state index contributed by atoms with van der Waals surface area (Å²) in [6.07, 6.45) is 2.71. The van der Waals surface area contributed by atoms with E-state index in [1.165, 1.54) is 16.0 Å². The van der Waals surface area contributed by atoms with Gasteiger partial charge >= 0.3 is 0 Å². The van der Waals surface area contributed by atoms with Crippen molar-refractivity contribution in [3.63, 3.8) is 0 Å². The van der Waals surface area contributed by atoms with Gasteiger partial charge in [-0.25, -0.2) is 4.98 Å². The van der Waals surface area contributed by atoms with E-state index in [9.17, 15) is 9.59 Å². The standard InChI is InChI=1S/C26H25N3O4/c1-3-19-8-10-22(11-9-19)33-17-25(30)28-20-5-4-6-23(13-20)32-16-21-14-26(31)29-15-18(2)7-12-24(29)27-21/h4-15H,3,16-17H2,1-2H3,(H,28,30). The Bertz CT molecular complexity index is 1330. The Kier molecular flexibility index (Phi) is 6.69. The van der Waals surface area contributed by atoms with E-state index in [0.29, 0.717) is 28.5 Å². The van der Waals surface area contributed by atoms with Gasteiger partial charge in [0.25, 0.3) is 11.5 Å². The fourth-order valence-corrected chi connectivity index (χ4v) is 3.32. The van der Waals surface area contributed by atoms with Crippen molar-refractivity contribution in [3.05, 3.63) is 100 Å². The van der Waals surface area contributed by atoms with Crippen molar-refractivity contribution >= 4 is 17.2 Å². The Hall–Kier alpha value is -4.13. The molecule has 0 unspecified atom stereocenters. The van der Waals surface area contributed by atoms with Crippen molar-refractivity contribution in [2.75, 3.05) is 11.9 Å². The van der Waals surface area contributed by atoms with Crippen molar-refractivity contribution in [2.45, 2.75) is 26.9 Å². The van der Waals surface area contributed by atoms with Crippen molar-refractivity contribution in [3.8, 4) is 11.5 Å². The van der Waals surface area contributed by atoms with Crippen LogP contribution in [-0.4, -0.2) is 21.9 Å². The first-order chi connectivity index (χ1) is 16.0. The van der Waals surface area contributed by atoms with Gasteiger partial charge in [-0.05, 0) is 54.8 Å². The highest BCUT2D eigenvalue weighted by molar-refractivity contribution is 5.92. The highest BCUT2D eigenvalue weighted by Crippen LogP contribution is 2.19. The van der Waals surface area contributed by atoms with Gasteiger partial charge in [0.05, 0.1) is 5.69 Å². The third-order valence-corrected chi connectivity index (χ3v) is 5.07. The first-order valence-electron chi connectivity index (χ1n) is 10.7. The van der Waals surface area contributed by atoms with E-state index < -0.39 is 0 Å². The van der Waals surface area contributed by atoms with Crippen molar-refractivity contribution in [1.82, 2.24) is 9.38 Å². The van der Waals surface area contributed by atoms with Crippen LogP contribution in [0, 0.1) is 6.92 Å². The van der Waals surface area contributed by atoms with Gasteiger partial charge in [0, 0.05) is 24.0 Å². The zero-order valence-electron chi connectivity index (χ0n) is 18.6. The number of benzene rings is 2. The van der Waals surface area contributed by atoms with E-state index in [0.717, 1.165) is 12.0 Å². The van der Waals surface area contributed by atoms with Gasteiger partial charge in [-0.15, -0.1) is 0 Å². The molecular formula is C26H25N3O4. The minimum Gasteiger partial charge on any atom is -0.487 e. The molecule has 0 atom stereocenters. The van der Waals surface area contributed by atoms with Gasteiger partial charge in [0.1, 0.15) is 23.8 Å². The predicted octanol–water partition coefficient (Wildman–Crippen LogP) is 4.16. The van der Waals surface area contributed by atoms with Crippen LogP contribution in [0.15, 0.2) is 77.7 Å². The number of aryl methyl sites for hydroxylation is 2. The van der Waals surface area contributed by atoms with E-state index in [1.54, 1.807) is 36.5 Å². The van der Waals surface area contributed by atoms with Crippen molar-refractivity contribution in [1.29, 1.82) is 0 Å². The second-order valence-electron chi connectivity index (χ2n) is 7.67. The molecule has 0 spiro atoms. The molecular weight excluding hydrogens is 418 g/mol. The summed E-state index contributed by atoms with van der Waals surface area (Å²) in [6, 6.07) is 19.9. The van der Waals surface area contributed by atoms with E-state index >= 15 is 0 Å². The second-order valence-corrected chi connectivity index (χ2v) is 7.67. The van der Waals surface area contributed by atoms with Crippen LogP contribution in [0.4, 0.5) is 5.69 Å². The predicted molar refractivity (Wildman–Crippen MR) is 127 cm³/mol. The average molecular weight is 444 g/mol. The number of aromatic nitrogens is 2. The third-order valence-electron chi connectivity index (χ3n) is 5.07. The van der Waals surface area contributed by atoms with Gasteiger partial charge in [-0.2, -0.15) is 0 Å². The van der Waals surface area contributed by atoms with Crippen LogP contribution in [0.5, 0.6) is 11.5 Å². The molecule has 33 heavy (non-hydrogen) atoms. The summed E-state index contributed by atoms with van der Waals surface area (Å²) in [6.45, 7) is 4.04. The van der Waals surface area contributed by atoms with Crippen molar-refractivity contribution in [2.24, 2.45) is 0 Å². The number of amides is 1. The summed E-state index contributed by atoms with van der Waals surface area (Å²) in [4.78, 5) is 29.1. The lowest BCUT2D eigenvalue weighted by Crippen LogP contribution is -2.20. The van der Waals surface area contributed by atoms with Gasteiger partial charge in [0.15, 0.2) is 6.61 Å². The summed E-state index contributed by atoms with van der Waals surface area (Å²) in [5, 5.41) is 2.80. The molecule has 0 saturated heterocycles. The van der Waals surface area contributed by atoms with Crippen LogP contribution in [0.1, 0.15) is 23.7 Å². The Morgan fingerprint density at radius 2 is 1.82 bits per heavy atom. The summed E-state index contributed by atoms with van der Waals surface area (Å²) in [5.41, 5.74) is 3.71. The highest BCUT2D eigenvalue weighted by atomic mass is 16.5. The lowest BCUT2D eigenvalue weighted by molar-refractivity contribution is -0.118. The number of carbonyl (C=O) groups excluding carboxylic acids is 1. The number of hydrogen-bond acceptors (Lipinski definition) is 5. The van der Waals surface area contributed by atoms with Crippen molar-refractivity contribution < 1.29 is 14.3 Å². The summed E-state index contributed by atoms with van der Waals surface area (Å²) in [5.74, 6) is 0.925. The Balaban J connectivity index is 1.34. The number of hydrogen-bond donors (Lipinski definition) is 1. The molecule has 0 saturated carbocycles. The van der Waals surface area contributed by atoms with E-state index in [2.05, 4.69) is 17.2 Å². The molecule has 0 radical (unpaired) electrons. The monoisotopic (exact) mass is 443 g/mol. The van der Waals surface area contributed by atoms with Gasteiger partial charge in [-0.3, -0.25) is 14.0 Å². The van der Waals surface area contributed by atoms with E-state index in [-0.39, 0.29) is 24.7 Å². The fourth-order valence-electron chi connectivity index (χ4n) is 3.32. The fraction of sp³-hybridized carbons (Fsp3) is 0.192. The van der Waals surface area contributed by atoms with Crippen LogP contribution in [0.2, 0.25) is 0 Å². The minimum absolute atomic E-state index is 0.0962. The number of ether oxygens (including phenoxy) is 2. The van der Waals surface area contributed by atoms with E-state index in [4.69, 9.17) is 9.47 Å². The first-order valence-corrected chi connectivity index (χ1v) is 10.7. The molecule has 0 aliphatic heterocycles. The number of nitrogens with one attached hydrogen (secondary N) is 1. The summed E-state index contributed by atoms with van der Waals surface area (Å²) < 4.78 is 12.9. The molecule has 0 bridgehead atoms. The molecule has 0 fully saturated rings. The lowest BCUT2D eigenvalue weighted by atomic mass is 10.2. The number of fused-ring (bicyclic) bond motifs is 1. The molecule has 0 aliphatic carbocycles. The normalized spacial score (nSPS) is 10.7. The van der Waals surface area contributed by atoms with Gasteiger partial charge < -0.3 is 14.8 Å². The number of rotatable bonds is 8. The zero-order chi connectivity index (χ0) is 23.2. The summed E-state index contributed by atoms with van der Waals surface area (Å²) in [7, 11) is 0. The number of anilines is 1. The average Bonchev–Trinajstić information content (AvgIpc) is 2.82. The molecule has 1 N–H and O–H groups in total. The Morgan fingerprint density at radius 3 is 2.61 bits per heavy atom. The smallest absolute Gasteiger partial charge is 0.262 e. The minimum atomic E-state index is -0.272. The number of nitrogens with zero attached hydrogens (tertiary/aromatic N) is 2.